The monoisotopic (exact) mass is 364 g/mol. The van der Waals surface area contributed by atoms with Crippen LogP contribution in [-0.4, -0.2) is 5.91 Å². The average molecular weight is 366 g/mol. The van der Waals surface area contributed by atoms with Crippen molar-refractivity contribution in [2.75, 3.05) is 0 Å². The van der Waals surface area contributed by atoms with Crippen LogP contribution in [0.1, 0.15) is 11.1 Å². The molecule has 3 nitrogen and oxygen atoms in total. The minimum absolute atomic E-state index is 0.00684. The molecule has 0 fully saturated rings. The number of benzene rings is 2. The van der Waals surface area contributed by atoms with Crippen LogP contribution in [0.5, 0.6) is 0 Å². The lowest BCUT2D eigenvalue weighted by Crippen LogP contribution is -2.23. The fourth-order valence-corrected chi connectivity index (χ4v) is 2.25. The van der Waals surface area contributed by atoms with E-state index >= 15 is 0 Å². The lowest BCUT2D eigenvalue weighted by Gasteiger charge is -2.06. The molecule has 0 aliphatic carbocycles. The molecule has 2 rings (SSSR count). The van der Waals surface area contributed by atoms with Gasteiger partial charge in [-0.25, -0.2) is 0 Å². The quantitative estimate of drug-likeness (QED) is 0.621. The molecule has 0 aromatic heterocycles. The molecule has 0 aliphatic rings. The number of rotatable bonds is 4. The summed E-state index contributed by atoms with van der Waals surface area (Å²) in [5.41, 5.74) is 1.51. The zero-order valence-corrected chi connectivity index (χ0v) is 14.1. The summed E-state index contributed by atoms with van der Waals surface area (Å²) in [5, 5.41) is 13.3. The van der Waals surface area contributed by atoms with Gasteiger partial charge in [0.05, 0.1) is 10.0 Å². The second kappa shape index (κ2) is 8.03. The molecule has 0 atom stereocenters. The summed E-state index contributed by atoms with van der Waals surface area (Å²) in [7, 11) is 0. The van der Waals surface area contributed by atoms with Gasteiger partial charge in [-0.2, -0.15) is 5.26 Å². The SMILES string of the molecule is N#C/C(=C\c1ccc(Cl)cc1)C(=O)NCc1ccc(Cl)c(Cl)c1. The molecule has 0 heterocycles. The number of nitrogens with one attached hydrogen (secondary N) is 1. The average Bonchev–Trinajstić information content (AvgIpc) is 2.55. The predicted molar refractivity (Wildman–Crippen MR) is 93.4 cm³/mol. The van der Waals surface area contributed by atoms with Crippen molar-refractivity contribution >= 4 is 46.8 Å². The predicted octanol–water partition coefficient (Wildman–Crippen LogP) is 4.87. The van der Waals surface area contributed by atoms with Gasteiger partial charge in [-0.05, 0) is 41.5 Å². The van der Waals surface area contributed by atoms with Gasteiger partial charge in [-0.15, -0.1) is 0 Å². The van der Waals surface area contributed by atoms with Crippen LogP contribution in [0.4, 0.5) is 0 Å². The minimum atomic E-state index is -0.464. The van der Waals surface area contributed by atoms with E-state index in [1.807, 2.05) is 6.07 Å². The van der Waals surface area contributed by atoms with Gasteiger partial charge in [0.25, 0.3) is 5.91 Å². The van der Waals surface area contributed by atoms with Crippen molar-refractivity contribution in [2.24, 2.45) is 0 Å². The molecule has 0 aliphatic heterocycles. The smallest absolute Gasteiger partial charge is 0.262 e. The van der Waals surface area contributed by atoms with Gasteiger partial charge in [0.15, 0.2) is 0 Å². The molecule has 23 heavy (non-hydrogen) atoms. The lowest BCUT2D eigenvalue weighted by molar-refractivity contribution is -0.117. The van der Waals surface area contributed by atoms with Crippen molar-refractivity contribution in [1.29, 1.82) is 5.26 Å². The third-order valence-corrected chi connectivity index (χ3v) is 3.97. The number of hydrogen-bond acceptors (Lipinski definition) is 2. The lowest BCUT2D eigenvalue weighted by atomic mass is 10.1. The number of carbonyl (C=O) groups excluding carboxylic acids is 1. The summed E-state index contributed by atoms with van der Waals surface area (Å²) in [6, 6.07) is 13.8. The van der Waals surface area contributed by atoms with Gasteiger partial charge in [0, 0.05) is 11.6 Å². The van der Waals surface area contributed by atoms with E-state index in [-0.39, 0.29) is 12.1 Å². The van der Waals surface area contributed by atoms with E-state index < -0.39 is 5.91 Å². The third-order valence-electron chi connectivity index (χ3n) is 2.98. The highest BCUT2D eigenvalue weighted by molar-refractivity contribution is 6.42. The van der Waals surface area contributed by atoms with E-state index in [1.54, 1.807) is 42.5 Å². The van der Waals surface area contributed by atoms with E-state index in [1.165, 1.54) is 6.08 Å². The van der Waals surface area contributed by atoms with Crippen LogP contribution in [0.3, 0.4) is 0 Å². The fourth-order valence-electron chi connectivity index (χ4n) is 1.80. The van der Waals surface area contributed by atoms with Gasteiger partial charge < -0.3 is 5.32 Å². The minimum Gasteiger partial charge on any atom is -0.347 e. The van der Waals surface area contributed by atoms with Gasteiger partial charge in [0.2, 0.25) is 0 Å². The van der Waals surface area contributed by atoms with Gasteiger partial charge >= 0.3 is 0 Å². The molecule has 2 aromatic carbocycles. The Morgan fingerprint density at radius 3 is 2.39 bits per heavy atom. The Kier molecular flexibility index (Phi) is 6.06. The molecule has 0 spiro atoms. The van der Waals surface area contributed by atoms with Crippen LogP contribution in [-0.2, 0) is 11.3 Å². The van der Waals surface area contributed by atoms with Gasteiger partial charge in [-0.1, -0.05) is 53.0 Å². The maximum atomic E-state index is 12.1. The van der Waals surface area contributed by atoms with Crippen LogP contribution >= 0.6 is 34.8 Å². The Balaban J connectivity index is 2.07. The van der Waals surface area contributed by atoms with Crippen LogP contribution in [0.25, 0.3) is 6.08 Å². The molecule has 6 heteroatoms. The molecular weight excluding hydrogens is 355 g/mol. The zero-order valence-electron chi connectivity index (χ0n) is 11.8. The van der Waals surface area contributed by atoms with Crippen LogP contribution < -0.4 is 5.32 Å². The van der Waals surface area contributed by atoms with E-state index in [0.29, 0.717) is 15.1 Å². The second-order valence-corrected chi connectivity index (χ2v) is 5.90. The molecule has 0 saturated heterocycles. The molecule has 0 saturated carbocycles. The Labute approximate surface area is 149 Å². The summed E-state index contributed by atoms with van der Waals surface area (Å²) in [5.74, 6) is -0.464. The Morgan fingerprint density at radius 2 is 1.78 bits per heavy atom. The van der Waals surface area contributed by atoms with E-state index in [4.69, 9.17) is 40.1 Å². The number of nitrogens with zero attached hydrogens (tertiary/aromatic N) is 1. The third kappa shape index (κ3) is 5.01. The van der Waals surface area contributed by atoms with Crippen LogP contribution in [0, 0.1) is 11.3 Å². The molecule has 1 N–H and O–H groups in total. The molecule has 0 radical (unpaired) electrons. The number of amides is 1. The topological polar surface area (TPSA) is 52.9 Å². The first-order valence-electron chi connectivity index (χ1n) is 6.59. The van der Waals surface area contributed by atoms with E-state index in [2.05, 4.69) is 5.32 Å². The number of halogens is 3. The zero-order chi connectivity index (χ0) is 16.8. The normalized spacial score (nSPS) is 11.0. The highest BCUT2D eigenvalue weighted by Gasteiger charge is 2.09. The van der Waals surface area contributed by atoms with Crippen LogP contribution in [0.15, 0.2) is 48.0 Å². The highest BCUT2D eigenvalue weighted by atomic mass is 35.5. The Bertz CT molecular complexity index is 792. The first kappa shape index (κ1) is 17.4. The largest absolute Gasteiger partial charge is 0.347 e. The number of hydrogen-bond donors (Lipinski definition) is 1. The van der Waals surface area contributed by atoms with Crippen molar-refractivity contribution in [3.8, 4) is 6.07 Å². The van der Waals surface area contributed by atoms with Crippen molar-refractivity contribution in [1.82, 2.24) is 5.32 Å². The van der Waals surface area contributed by atoms with Gasteiger partial charge in [-0.3, -0.25) is 4.79 Å². The Morgan fingerprint density at radius 1 is 1.09 bits per heavy atom. The molecule has 0 unspecified atom stereocenters. The second-order valence-electron chi connectivity index (χ2n) is 4.65. The summed E-state index contributed by atoms with van der Waals surface area (Å²) in [6.07, 6.45) is 1.50. The maximum absolute atomic E-state index is 12.1. The molecule has 116 valence electrons. The molecule has 0 bridgehead atoms. The number of nitriles is 1. The first-order chi connectivity index (χ1) is 11.0. The number of carbonyl (C=O) groups is 1. The van der Waals surface area contributed by atoms with Crippen molar-refractivity contribution in [3.63, 3.8) is 0 Å². The van der Waals surface area contributed by atoms with Crippen molar-refractivity contribution < 1.29 is 4.79 Å². The first-order valence-corrected chi connectivity index (χ1v) is 7.72. The van der Waals surface area contributed by atoms with Crippen molar-refractivity contribution in [3.05, 3.63) is 74.2 Å². The summed E-state index contributed by atoms with van der Waals surface area (Å²) in [6.45, 7) is 0.245. The highest BCUT2D eigenvalue weighted by Crippen LogP contribution is 2.22. The summed E-state index contributed by atoms with van der Waals surface area (Å²) < 4.78 is 0. The van der Waals surface area contributed by atoms with E-state index in [9.17, 15) is 4.79 Å². The summed E-state index contributed by atoms with van der Waals surface area (Å²) in [4.78, 5) is 12.1. The van der Waals surface area contributed by atoms with Gasteiger partial charge in [0.1, 0.15) is 11.6 Å². The summed E-state index contributed by atoms with van der Waals surface area (Å²) >= 11 is 17.6. The molecule has 2 aromatic rings. The Hall–Kier alpha value is -1.99. The van der Waals surface area contributed by atoms with Crippen LogP contribution in [0.2, 0.25) is 15.1 Å². The maximum Gasteiger partial charge on any atom is 0.262 e. The molecule has 1 amide bonds. The fraction of sp³-hybridized carbons (Fsp3) is 0.0588. The van der Waals surface area contributed by atoms with Crippen molar-refractivity contribution in [2.45, 2.75) is 6.54 Å². The standard InChI is InChI=1S/C17H11Cl3N2O/c18-14-4-1-11(2-5-14)7-13(9-21)17(23)22-10-12-3-6-15(19)16(20)8-12/h1-8H,10H2,(H,22,23)/b13-7+. The van der Waals surface area contributed by atoms with E-state index in [0.717, 1.165) is 11.1 Å². The molecular formula is C17H11Cl3N2O.